The molecule has 0 bridgehead atoms. The number of fused-ring (bicyclic) bond motifs is 1. The van der Waals surface area contributed by atoms with E-state index in [4.69, 9.17) is 4.74 Å². The number of nitrogens with one attached hydrogen (secondary N) is 1. The van der Waals surface area contributed by atoms with Crippen LogP contribution in [0, 0.1) is 0 Å². The molecule has 3 aromatic rings. The fraction of sp³-hybridized carbons (Fsp3) is 0.379. The van der Waals surface area contributed by atoms with Crippen molar-refractivity contribution in [2.75, 3.05) is 11.9 Å². The molecule has 1 aliphatic carbocycles. The first-order chi connectivity index (χ1) is 15.8. The molecule has 2 atom stereocenters. The van der Waals surface area contributed by atoms with Gasteiger partial charge in [-0.3, -0.25) is 0 Å². The predicted octanol–water partition coefficient (Wildman–Crippen LogP) is 5.64. The lowest BCUT2D eigenvalue weighted by atomic mass is 9.83. The second-order valence-electron chi connectivity index (χ2n) is 10.1. The first kappa shape index (κ1) is 23.3. The molecule has 3 aromatic carbocycles. The molecule has 4 heteroatoms. The van der Waals surface area contributed by atoms with Crippen molar-refractivity contribution in [2.45, 2.75) is 64.4 Å². The molecule has 4 rings (SSSR count). The van der Waals surface area contributed by atoms with E-state index >= 15 is 0 Å². The summed E-state index contributed by atoms with van der Waals surface area (Å²) < 4.78 is 6.35. The summed E-state index contributed by atoms with van der Waals surface area (Å²) in [6.07, 6.45) is 1.25. The first-order valence-electron chi connectivity index (χ1n) is 11.8. The van der Waals surface area contributed by atoms with Crippen molar-refractivity contribution in [1.82, 2.24) is 5.32 Å². The topological polar surface area (TPSA) is 44.7 Å². The van der Waals surface area contributed by atoms with Crippen LogP contribution in [-0.2, 0) is 19.6 Å². The second kappa shape index (κ2) is 9.98. The van der Waals surface area contributed by atoms with Gasteiger partial charge in [-0.1, -0.05) is 66.7 Å². The summed E-state index contributed by atoms with van der Waals surface area (Å²) in [5, 5.41) is 14.9. The van der Waals surface area contributed by atoms with Crippen molar-refractivity contribution in [3.8, 4) is 5.75 Å². The Morgan fingerprint density at radius 2 is 1.58 bits per heavy atom. The molecule has 4 nitrogen and oxygen atoms in total. The van der Waals surface area contributed by atoms with E-state index in [9.17, 15) is 5.11 Å². The van der Waals surface area contributed by atoms with Crippen LogP contribution in [-0.4, -0.2) is 23.7 Å². The van der Waals surface area contributed by atoms with Crippen LogP contribution in [0.5, 0.6) is 5.75 Å². The Morgan fingerprint density at radius 3 is 2.21 bits per heavy atom. The number of anilines is 1. The number of aliphatic hydroxyl groups excluding tert-OH is 1. The second-order valence-corrected chi connectivity index (χ2v) is 10.1. The van der Waals surface area contributed by atoms with Gasteiger partial charge in [0.1, 0.15) is 12.4 Å². The van der Waals surface area contributed by atoms with Gasteiger partial charge in [0.25, 0.3) is 0 Å². The summed E-state index contributed by atoms with van der Waals surface area (Å²) >= 11 is 0. The van der Waals surface area contributed by atoms with Crippen molar-refractivity contribution >= 4 is 5.69 Å². The third kappa shape index (κ3) is 5.76. The number of ether oxygens (including phenoxy) is 1. The Morgan fingerprint density at radius 1 is 0.939 bits per heavy atom. The van der Waals surface area contributed by atoms with Crippen LogP contribution >= 0.6 is 0 Å². The number of aliphatic hydroxyl groups is 1. The monoisotopic (exact) mass is 444 g/mol. The van der Waals surface area contributed by atoms with E-state index < -0.39 is 6.10 Å². The molecule has 2 N–H and O–H groups in total. The van der Waals surface area contributed by atoms with Gasteiger partial charge in [-0.05, 0) is 61.9 Å². The average Bonchev–Trinajstić information content (AvgIpc) is 2.79. The Bertz CT molecular complexity index is 1040. The van der Waals surface area contributed by atoms with Crippen molar-refractivity contribution < 1.29 is 9.84 Å². The Labute approximate surface area is 198 Å². The van der Waals surface area contributed by atoms with Gasteiger partial charge in [0.2, 0.25) is 0 Å². The lowest BCUT2D eigenvalue weighted by Crippen LogP contribution is -2.48. The third-order valence-electron chi connectivity index (χ3n) is 6.19. The van der Waals surface area contributed by atoms with Crippen molar-refractivity contribution in [2.24, 2.45) is 0 Å². The summed E-state index contributed by atoms with van der Waals surface area (Å²) in [4.78, 5) is 2.26. The molecule has 0 radical (unpaired) electrons. The molecular weight excluding hydrogens is 408 g/mol. The van der Waals surface area contributed by atoms with Crippen LogP contribution < -0.4 is 15.0 Å². The highest BCUT2D eigenvalue weighted by atomic mass is 16.5. The number of rotatable bonds is 7. The zero-order valence-corrected chi connectivity index (χ0v) is 20.2. The smallest absolute Gasteiger partial charge is 0.143 e. The molecule has 0 saturated heterocycles. The van der Waals surface area contributed by atoms with Gasteiger partial charge in [-0.15, -0.1) is 0 Å². The van der Waals surface area contributed by atoms with E-state index in [0.29, 0.717) is 6.61 Å². The average molecular weight is 445 g/mol. The molecule has 0 aliphatic heterocycles. The summed E-state index contributed by atoms with van der Waals surface area (Å²) in [7, 11) is 2.11. The summed E-state index contributed by atoms with van der Waals surface area (Å²) in [5.74, 6) is 0.866. The maximum atomic E-state index is 11.3. The SMILES string of the molecule is CN(Cc1ccccc1)c1c(OCc2ccccc2)ccc2c1CC[C@H](NC(C)(C)C)[C@@H]2O. The fourth-order valence-electron chi connectivity index (χ4n) is 4.76. The Balaban J connectivity index is 1.67. The van der Waals surface area contributed by atoms with E-state index in [1.54, 1.807) is 0 Å². The van der Waals surface area contributed by atoms with Gasteiger partial charge < -0.3 is 20.1 Å². The molecule has 0 aromatic heterocycles. The zero-order valence-electron chi connectivity index (χ0n) is 20.2. The highest BCUT2D eigenvalue weighted by Crippen LogP contribution is 2.42. The number of nitrogens with zero attached hydrogens (tertiary/aromatic N) is 1. The highest BCUT2D eigenvalue weighted by molar-refractivity contribution is 5.67. The molecule has 0 amide bonds. The maximum absolute atomic E-state index is 11.3. The van der Waals surface area contributed by atoms with Crippen molar-refractivity contribution in [1.29, 1.82) is 0 Å². The molecule has 0 spiro atoms. The quantitative estimate of drug-likeness (QED) is 0.495. The number of hydrogen-bond acceptors (Lipinski definition) is 4. The zero-order chi connectivity index (χ0) is 23.4. The van der Waals surface area contributed by atoms with E-state index in [2.05, 4.69) is 80.5 Å². The fourth-order valence-corrected chi connectivity index (χ4v) is 4.76. The predicted molar refractivity (Wildman–Crippen MR) is 136 cm³/mol. The van der Waals surface area contributed by atoms with Crippen molar-refractivity contribution in [3.05, 3.63) is 95.1 Å². The normalized spacial score (nSPS) is 18.0. The van der Waals surface area contributed by atoms with Gasteiger partial charge >= 0.3 is 0 Å². The van der Waals surface area contributed by atoms with E-state index in [-0.39, 0.29) is 11.6 Å². The minimum Gasteiger partial charge on any atom is -0.487 e. The Hall–Kier alpha value is -2.82. The van der Waals surface area contributed by atoms with E-state index in [1.807, 2.05) is 30.3 Å². The molecule has 0 saturated carbocycles. The number of hydrogen-bond donors (Lipinski definition) is 2. The molecular formula is C29H36N2O2. The van der Waals surface area contributed by atoms with Crippen LogP contribution in [0.1, 0.15) is 55.5 Å². The molecule has 174 valence electrons. The summed E-state index contributed by atoms with van der Waals surface area (Å²) in [5.41, 5.74) is 5.62. The third-order valence-corrected chi connectivity index (χ3v) is 6.19. The summed E-state index contributed by atoms with van der Waals surface area (Å²) in [6.45, 7) is 7.74. The van der Waals surface area contributed by atoms with Crippen LogP contribution in [0.4, 0.5) is 5.69 Å². The van der Waals surface area contributed by atoms with Crippen LogP contribution in [0.25, 0.3) is 0 Å². The van der Waals surface area contributed by atoms with Gasteiger partial charge in [0, 0.05) is 25.2 Å². The minimum absolute atomic E-state index is 0.0425. The van der Waals surface area contributed by atoms with Gasteiger partial charge in [-0.25, -0.2) is 0 Å². The van der Waals surface area contributed by atoms with E-state index in [1.165, 1.54) is 11.1 Å². The lowest BCUT2D eigenvalue weighted by Gasteiger charge is -2.38. The first-order valence-corrected chi connectivity index (χ1v) is 11.8. The molecule has 33 heavy (non-hydrogen) atoms. The van der Waals surface area contributed by atoms with Crippen molar-refractivity contribution in [3.63, 3.8) is 0 Å². The molecule has 0 fully saturated rings. The highest BCUT2D eigenvalue weighted by Gasteiger charge is 2.33. The Kier molecular flexibility index (Phi) is 7.06. The van der Waals surface area contributed by atoms with Crippen LogP contribution in [0.3, 0.4) is 0 Å². The van der Waals surface area contributed by atoms with Crippen LogP contribution in [0.2, 0.25) is 0 Å². The van der Waals surface area contributed by atoms with Gasteiger partial charge in [0.15, 0.2) is 0 Å². The maximum Gasteiger partial charge on any atom is 0.143 e. The lowest BCUT2D eigenvalue weighted by molar-refractivity contribution is 0.1000. The summed E-state index contributed by atoms with van der Waals surface area (Å²) in [6, 6.07) is 24.9. The largest absolute Gasteiger partial charge is 0.487 e. The van der Waals surface area contributed by atoms with Gasteiger partial charge in [-0.2, -0.15) is 0 Å². The number of benzene rings is 3. The van der Waals surface area contributed by atoms with Gasteiger partial charge in [0.05, 0.1) is 11.8 Å². The molecule has 1 aliphatic rings. The molecule has 0 heterocycles. The standard InChI is InChI=1S/C29H36N2O2/c1-29(2,3)30-25-17-15-23-24(28(25)32)16-18-26(33-20-22-13-9-6-10-14-22)27(23)31(4)19-21-11-7-5-8-12-21/h5-14,16,18,25,28,30,32H,15,17,19-20H2,1-4H3/t25-,28+/m0/s1. The molecule has 0 unspecified atom stereocenters. The van der Waals surface area contributed by atoms with Crippen LogP contribution in [0.15, 0.2) is 72.8 Å². The minimum atomic E-state index is -0.542. The van der Waals surface area contributed by atoms with E-state index in [0.717, 1.165) is 42.0 Å².